The van der Waals surface area contributed by atoms with E-state index < -0.39 is 0 Å². The number of nitrogens with zero attached hydrogens (tertiary/aromatic N) is 3. The molecule has 1 aromatic rings. The standard InChI is InChI=1S/C18H27N3O2/c1-23-13-12-21-11-7-18(17(21)22)5-3-9-20(10-6-18)15-16-4-2-8-19-14-16/h2,4,8,14H,3,5-7,9-13,15H2,1H3. The van der Waals surface area contributed by atoms with Crippen LogP contribution >= 0.6 is 0 Å². The van der Waals surface area contributed by atoms with Gasteiger partial charge < -0.3 is 9.64 Å². The van der Waals surface area contributed by atoms with E-state index in [4.69, 9.17) is 4.74 Å². The normalized spacial score (nSPS) is 26.0. The lowest BCUT2D eigenvalue weighted by Gasteiger charge is -2.26. The summed E-state index contributed by atoms with van der Waals surface area (Å²) in [5.74, 6) is 0.359. The maximum atomic E-state index is 12.8. The van der Waals surface area contributed by atoms with Crippen LogP contribution in [0.3, 0.4) is 0 Å². The number of likely N-dealkylation sites (tertiary alicyclic amines) is 2. The molecular formula is C18H27N3O2. The van der Waals surface area contributed by atoms with Crippen LogP contribution in [0.15, 0.2) is 24.5 Å². The van der Waals surface area contributed by atoms with Gasteiger partial charge in [0.25, 0.3) is 0 Å². The minimum absolute atomic E-state index is 0.114. The van der Waals surface area contributed by atoms with Crippen molar-refractivity contribution in [2.45, 2.75) is 32.2 Å². The van der Waals surface area contributed by atoms with Crippen molar-refractivity contribution in [2.75, 3.05) is 39.9 Å². The first-order valence-electron chi connectivity index (χ1n) is 8.63. The van der Waals surface area contributed by atoms with Crippen molar-refractivity contribution < 1.29 is 9.53 Å². The molecule has 1 unspecified atom stereocenters. The van der Waals surface area contributed by atoms with Gasteiger partial charge in [-0.25, -0.2) is 0 Å². The molecule has 2 aliphatic heterocycles. The van der Waals surface area contributed by atoms with Gasteiger partial charge in [0.15, 0.2) is 0 Å². The highest BCUT2D eigenvalue weighted by molar-refractivity contribution is 5.84. The second-order valence-electron chi connectivity index (χ2n) is 6.81. The molecule has 0 radical (unpaired) electrons. The van der Waals surface area contributed by atoms with Crippen molar-refractivity contribution in [2.24, 2.45) is 5.41 Å². The molecule has 0 aromatic carbocycles. The zero-order valence-corrected chi connectivity index (χ0v) is 14.0. The van der Waals surface area contributed by atoms with Gasteiger partial charge in [-0.2, -0.15) is 0 Å². The Morgan fingerprint density at radius 1 is 1.26 bits per heavy atom. The number of amides is 1. The van der Waals surface area contributed by atoms with Gasteiger partial charge in [0, 0.05) is 39.1 Å². The van der Waals surface area contributed by atoms with Crippen LogP contribution < -0.4 is 0 Å². The SMILES string of the molecule is COCCN1CCC2(CCCN(Cc3cccnc3)CC2)C1=O. The molecule has 1 amide bonds. The third-order valence-electron chi connectivity index (χ3n) is 5.33. The first-order chi connectivity index (χ1) is 11.2. The Hall–Kier alpha value is -1.46. The van der Waals surface area contributed by atoms with Crippen molar-refractivity contribution in [3.63, 3.8) is 0 Å². The van der Waals surface area contributed by atoms with Crippen LogP contribution in [0.25, 0.3) is 0 Å². The lowest BCUT2D eigenvalue weighted by Crippen LogP contribution is -2.37. The summed E-state index contributed by atoms with van der Waals surface area (Å²) in [7, 11) is 1.69. The zero-order chi connectivity index (χ0) is 16.1. The van der Waals surface area contributed by atoms with Crippen LogP contribution in [0.4, 0.5) is 0 Å². The van der Waals surface area contributed by atoms with Gasteiger partial charge >= 0.3 is 0 Å². The van der Waals surface area contributed by atoms with Gasteiger partial charge in [-0.3, -0.25) is 14.7 Å². The zero-order valence-electron chi connectivity index (χ0n) is 14.0. The number of aromatic nitrogens is 1. The molecule has 1 spiro atoms. The van der Waals surface area contributed by atoms with Gasteiger partial charge in [-0.1, -0.05) is 6.07 Å². The molecule has 3 heterocycles. The average molecular weight is 317 g/mol. The highest BCUT2D eigenvalue weighted by Gasteiger charge is 2.46. The fourth-order valence-corrected chi connectivity index (χ4v) is 3.93. The van der Waals surface area contributed by atoms with E-state index in [1.165, 1.54) is 5.56 Å². The van der Waals surface area contributed by atoms with Crippen molar-refractivity contribution in [1.82, 2.24) is 14.8 Å². The average Bonchev–Trinajstić information content (AvgIpc) is 2.75. The summed E-state index contributed by atoms with van der Waals surface area (Å²) < 4.78 is 5.13. The maximum absolute atomic E-state index is 12.8. The van der Waals surface area contributed by atoms with E-state index in [0.29, 0.717) is 12.5 Å². The van der Waals surface area contributed by atoms with Gasteiger partial charge in [-0.15, -0.1) is 0 Å². The maximum Gasteiger partial charge on any atom is 0.228 e. The Balaban J connectivity index is 1.59. The number of hydrogen-bond acceptors (Lipinski definition) is 4. The molecule has 0 aliphatic carbocycles. The molecule has 2 fully saturated rings. The van der Waals surface area contributed by atoms with E-state index in [0.717, 1.165) is 58.4 Å². The molecule has 1 atom stereocenters. The van der Waals surface area contributed by atoms with Gasteiger partial charge in [0.05, 0.1) is 12.0 Å². The number of ether oxygens (including phenoxy) is 1. The summed E-state index contributed by atoms with van der Waals surface area (Å²) in [5, 5.41) is 0. The van der Waals surface area contributed by atoms with Gasteiger partial charge in [0.2, 0.25) is 5.91 Å². The van der Waals surface area contributed by atoms with E-state index >= 15 is 0 Å². The van der Waals surface area contributed by atoms with Crippen LogP contribution in [-0.2, 0) is 16.1 Å². The summed E-state index contributed by atoms with van der Waals surface area (Å²) >= 11 is 0. The molecule has 1 aromatic heterocycles. The number of hydrogen-bond donors (Lipinski definition) is 0. The number of carbonyl (C=O) groups is 1. The van der Waals surface area contributed by atoms with Gasteiger partial charge in [0.1, 0.15) is 0 Å². The molecular weight excluding hydrogens is 290 g/mol. The van der Waals surface area contributed by atoms with Crippen molar-refractivity contribution in [1.29, 1.82) is 0 Å². The molecule has 0 bridgehead atoms. The highest BCUT2D eigenvalue weighted by atomic mass is 16.5. The number of carbonyl (C=O) groups excluding carboxylic acids is 1. The van der Waals surface area contributed by atoms with Crippen molar-refractivity contribution in [3.8, 4) is 0 Å². The number of methoxy groups -OCH3 is 1. The monoisotopic (exact) mass is 317 g/mol. The van der Waals surface area contributed by atoms with E-state index in [1.807, 2.05) is 23.4 Å². The van der Waals surface area contributed by atoms with E-state index in [-0.39, 0.29) is 5.41 Å². The molecule has 23 heavy (non-hydrogen) atoms. The van der Waals surface area contributed by atoms with Crippen molar-refractivity contribution >= 4 is 5.91 Å². The molecule has 0 N–H and O–H groups in total. The predicted molar refractivity (Wildman–Crippen MR) is 88.9 cm³/mol. The Bertz CT molecular complexity index is 522. The van der Waals surface area contributed by atoms with E-state index in [2.05, 4.69) is 16.0 Å². The molecule has 3 rings (SSSR count). The summed E-state index contributed by atoms with van der Waals surface area (Å²) in [4.78, 5) is 21.5. The van der Waals surface area contributed by atoms with Crippen LogP contribution in [0.2, 0.25) is 0 Å². The third kappa shape index (κ3) is 3.72. The van der Waals surface area contributed by atoms with E-state index in [9.17, 15) is 4.79 Å². The van der Waals surface area contributed by atoms with Crippen LogP contribution in [-0.4, -0.2) is 60.6 Å². The van der Waals surface area contributed by atoms with Crippen LogP contribution in [0.5, 0.6) is 0 Å². The summed E-state index contributed by atoms with van der Waals surface area (Å²) in [6.07, 6.45) is 7.87. The fraction of sp³-hybridized carbons (Fsp3) is 0.667. The number of rotatable bonds is 5. The van der Waals surface area contributed by atoms with Crippen molar-refractivity contribution in [3.05, 3.63) is 30.1 Å². The molecule has 5 heteroatoms. The first kappa shape index (κ1) is 16.4. The summed E-state index contributed by atoms with van der Waals surface area (Å²) in [6.45, 7) is 5.27. The lowest BCUT2D eigenvalue weighted by molar-refractivity contribution is -0.137. The molecule has 126 valence electrons. The first-order valence-corrected chi connectivity index (χ1v) is 8.63. The smallest absolute Gasteiger partial charge is 0.228 e. The lowest BCUT2D eigenvalue weighted by atomic mass is 9.79. The minimum Gasteiger partial charge on any atom is -0.383 e. The topological polar surface area (TPSA) is 45.7 Å². The highest BCUT2D eigenvalue weighted by Crippen LogP contribution is 2.41. The Morgan fingerprint density at radius 2 is 2.13 bits per heavy atom. The predicted octanol–water partition coefficient (Wildman–Crippen LogP) is 1.93. The molecule has 2 aliphatic rings. The fourth-order valence-electron chi connectivity index (χ4n) is 3.93. The van der Waals surface area contributed by atoms with E-state index in [1.54, 1.807) is 7.11 Å². The Kier molecular flexibility index (Phi) is 5.28. The molecule has 0 saturated carbocycles. The van der Waals surface area contributed by atoms with Crippen LogP contribution in [0.1, 0.15) is 31.2 Å². The molecule has 5 nitrogen and oxygen atoms in total. The Labute approximate surface area is 138 Å². The number of pyridine rings is 1. The molecule has 2 saturated heterocycles. The second-order valence-corrected chi connectivity index (χ2v) is 6.81. The Morgan fingerprint density at radius 3 is 2.91 bits per heavy atom. The summed E-state index contributed by atoms with van der Waals surface area (Å²) in [5.41, 5.74) is 1.14. The quantitative estimate of drug-likeness (QED) is 0.832. The summed E-state index contributed by atoms with van der Waals surface area (Å²) in [6, 6.07) is 4.11. The minimum atomic E-state index is -0.114. The van der Waals surface area contributed by atoms with Crippen LogP contribution in [0, 0.1) is 5.41 Å². The van der Waals surface area contributed by atoms with Gasteiger partial charge in [-0.05, 0) is 50.4 Å². The largest absolute Gasteiger partial charge is 0.383 e. The second kappa shape index (κ2) is 7.41. The third-order valence-corrected chi connectivity index (χ3v) is 5.33.